The van der Waals surface area contributed by atoms with E-state index in [2.05, 4.69) is 16.5 Å². The Hall–Kier alpha value is -4.53. The van der Waals surface area contributed by atoms with Crippen LogP contribution in [0.15, 0.2) is 65.3 Å². The van der Waals surface area contributed by atoms with Crippen LogP contribution in [0.25, 0.3) is 22.2 Å². The number of nitrogens with one attached hydrogen (secondary N) is 1. The molecule has 0 atom stereocenters. The van der Waals surface area contributed by atoms with E-state index in [4.69, 9.17) is 20.4 Å². The molecule has 1 aliphatic carbocycles. The van der Waals surface area contributed by atoms with Crippen molar-refractivity contribution in [3.05, 3.63) is 76.9 Å². The molecule has 188 valence electrons. The van der Waals surface area contributed by atoms with Crippen molar-refractivity contribution in [2.45, 2.75) is 32.1 Å². The Morgan fingerprint density at radius 2 is 1.86 bits per heavy atom. The van der Waals surface area contributed by atoms with Gasteiger partial charge in [-0.3, -0.25) is 4.79 Å². The molecule has 5 rings (SSSR count). The Labute approximate surface area is 214 Å². The van der Waals surface area contributed by atoms with Crippen LogP contribution in [-0.4, -0.2) is 46.4 Å². The number of nitrogen functional groups attached to an aromatic ring is 1. The SMILES string of the molecule is COC(=O)c1ccc(/C=N/n2c(N)c(C(=O)NCCC3=CCCCC3)c3nc4ccccc4nc32)cc1. The van der Waals surface area contributed by atoms with E-state index in [9.17, 15) is 9.59 Å². The van der Waals surface area contributed by atoms with Gasteiger partial charge in [-0.1, -0.05) is 35.9 Å². The Morgan fingerprint density at radius 3 is 2.57 bits per heavy atom. The number of benzene rings is 2. The van der Waals surface area contributed by atoms with E-state index in [1.165, 1.54) is 30.2 Å². The molecule has 0 spiro atoms. The molecule has 9 heteroatoms. The quantitative estimate of drug-likeness (QED) is 0.221. The number of fused-ring (bicyclic) bond motifs is 2. The van der Waals surface area contributed by atoms with Gasteiger partial charge in [-0.2, -0.15) is 9.78 Å². The van der Waals surface area contributed by atoms with E-state index in [-0.39, 0.29) is 17.3 Å². The molecule has 2 aromatic carbocycles. The summed E-state index contributed by atoms with van der Waals surface area (Å²) in [7, 11) is 1.34. The zero-order valence-corrected chi connectivity index (χ0v) is 20.6. The summed E-state index contributed by atoms with van der Waals surface area (Å²) >= 11 is 0. The third-order valence-electron chi connectivity index (χ3n) is 6.47. The number of hydrogen-bond donors (Lipinski definition) is 2. The number of rotatable bonds is 7. The predicted molar refractivity (Wildman–Crippen MR) is 144 cm³/mol. The van der Waals surface area contributed by atoms with Crippen LogP contribution in [0.2, 0.25) is 0 Å². The number of ether oxygens (including phenoxy) is 1. The van der Waals surface area contributed by atoms with Gasteiger partial charge in [0.25, 0.3) is 5.91 Å². The molecule has 0 unspecified atom stereocenters. The molecule has 2 aromatic heterocycles. The lowest BCUT2D eigenvalue weighted by molar-refractivity contribution is 0.0600. The number of nitrogens with two attached hydrogens (primary N) is 1. The number of para-hydroxylation sites is 2. The zero-order valence-electron chi connectivity index (χ0n) is 20.6. The molecule has 9 nitrogen and oxygen atoms in total. The molecule has 4 aromatic rings. The molecule has 0 aliphatic heterocycles. The van der Waals surface area contributed by atoms with Crippen molar-refractivity contribution >= 4 is 46.1 Å². The maximum absolute atomic E-state index is 13.3. The molecule has 1 amide bonds. The average molecular weight is 497 g/mol. The summed E-state index contributed by atoms with van der Waals surface area (Å²) in [5.41, 5.74) is 11.4. The lowest BCUT2D eigenvalue weighted by atomic mass is 9.97. The number of aromatic nitrogens is 3. The van der Waals surface area contributed by atoms with Gasteiger partial charge in [0.2, 0.25) is 0 Å². The number of nitrogens with zero attached hydrogens (tertiary/aromatic N) is 4. The minimum Gasteiger partial charge on any atom is -0.465 e. The summed E-state index contributed by atoms with van der Waals surface area (Å²) in [6.45, 7) is 0.521. The van der Waals surface area contributed by atoms with E-state index >= 15 is 0 Å². The number of esters is 1. The molecular weight excluding hydrogens is 468 g/mol. The fourth-order valence-electron chi connectivity index (χ4n) is 4.49. The second kappa shape index (κ2) is 10.6. The minimum atomic E-state index is -0.415. The molecule has 0 radical (unpaired) electrons. The van der Waals surface area contributed by atoms with Gasteiger partial charge in [0, 0.05) is 6.54 Å². The number of carbonyl (C=O) groups is 2. The molecule has 0 saturated heterocycles. The number of amides is 1. The highest BCUT2D eigenvalue weighted by atomic mass is 16.5. The lowest BCUT2D eigenvalue weighted by Gasteiger charge is -2.12. The van der Waals surface area contributed by atoms with Gasteiger partial charge in [-0.05, 0) is 61.9 Å². The van der Waals surface area contributed by atoms with Crippen LogP contribution in [0.5, 0.6) is 0 Å². The summed E-state index contributed by atoms with van der Waals surface area (Å²) in [6, 6.07) is 14.2. The highest BCUT2D eigenvalue weighted by Crippen LogP contribution is 2.28. The van der Waals surface area contributed by atoms with E-state index in [0.29, 0.717) is 34.3 Å². The maximum Gasteiger partial charge on any atom is 0.337 e. The molecule has 0 bridgehead atoms. The molecule has 3 N–H and O–H groups in total. The van der Waals surface area contributed by atoms with Crippen LogP contribution in [0, 0.1) is 0 Å². The van der Waals surface area contributed by atoms with Gasteiger partial charge in [-0.15, -0.1) is 0 Å². The van der Waals surface area contributed by atoms with Crippen molar-refractivity contribution in [2.24, 2.45) is 5.10 Å². The van der Waals surface area contributed by atoms with Crippen molar-refractivity contribution in [3.63, 3.8) is 0 Å². The summed E-state index contributed by atoms with van der Waals surface area (Å²) in [5, 5.41) is 7.52. The van der Waals surface area contributed by atoms with Crippen LogP contribution in [0.1, 0.15) is 58.4 Å². The van der Waals surface area contributed by atoms with E-state index in [1.807, 2.05) is 24.3 Å². The first-order valence-corrected chi connectivity index (χ1v) is 12.3. The van der Waals surface area contributed by atoms with Crippen LogP contribution in [-0.2, 0) is 4.74 Å². The van der Waals surface area contributed by atoms with Crippen molar-refractivity contribution in [1.82, 2.24) is 20.0 Å². The number of anilines is 1. The van der Waals surface area contributed by atoms with Crippen molar-refractivity contribution in [1.29, 1.82) is 0 Å². The summed E-state index contributed by atoms with van der Waals surface area (Å²) in [6.07, 6.45) is 9.31. The molecule has 2 heterocycles. The normalized spacial score (nSPS) is 13.7. The molecule has 0 saturated carbocycles. The van der Waals surface area contributed by atoms with Gasteiger partial charge >= 0.3 is 5.97 Å². The minimum absolute atomic E-state index is 0.155. The number of hydrogen-bond acceptors (Lipinski definition) is 7. The van der Waals surface area contributed by atoms with Crippen LogP contribution in [0.4, 0.5) is 5.82 Å². The van der Waals surface area contributed by atoms with Gasteiger partial charge < -0.3 is 15.8 Å². The fourth-order valence-corrected chi connectivity index (χ4v) is 4.49. The molecular formula is C28H28N6O3. The van der Waals surface area contributed by atoms with Gasteiger partial charge in [0.05, 0.1) is 29.9 Å². The average Bonchev–Trinajstić information content (AvgIpc) is 3.20. The molecule has 1 aliphatic rings. The standard InChI is InChI=1S/C28H28N6O3/c1-37-28(36)20-13-11-19(12-14-20)17-31-34-25(29)23(27(35)30-16-15-18-7-3-2-4-8-18)24-26(34)33-22-10-6-5-9-21(22)32-24/h5-7,9-14,17H,2-4,8,15-16,29H2,1H3,(H,30,35)/b31-17+. The van der Waals surface area contributed by atoms with Crippen molar-refractivity contribution in [2.75, 3.05) is 19.4 Å². The Kier molecular flexibility index (Phi) is 6.93. The largest absolute Gasteiger partial charge is 0.465 e. The van der Waals surface area contributed by atoms with Gasteiger partial charge in [-0.25, -0.2) is 14.8 Å². The fraction of sp³-hybridized carbons (Fsp3) is 0.250. The monoisotopic (exact) mass is 496 g/mol. The number of methoxy groups -OCH3 is 1. The van der Waals surface area contributed by atoms with Crippen LogP contribution < -0.4 is 11.1 Å². The first-order chi connectivity index (χ1) is 18.0. The Bertz CT molecular complexity index is 1540. The first-order valence-electron chi connectivity index (χ1n) is 12.3. The topological polar surface area (TPSA) is 124 Å². The maximum atomic E-state index is 13.3. The van der Waals surface area contributed by atoms with E-state index in [1.54, 1.807) is 30.5 Å². The number of allylic oxidation sites excluding steroid dienone is 1. The first kappa shape index (κ1) is 24.2. The Morgan fingerprint density at radius 1 is 1.11 bits per heavy atom. The molecule has 37 heavy (non-hydrogen) atoms. The highest BCUT2D eigenvalue weighted by Gasteiger charge is 2.24. The van der Waals surface area contributed by atoms with E-state index in [0.717, 1.165) is 24.8 Å². The highest BCUT2D eigenvalue weighted by molar-refractivity contribution is 6.10. The van der Waals surface area contributed by atoms with Gasteiger partial charge in [0.15, 0.2) is 5.65 Å². The predicted octanol–water partition coefficient (Wildman–Crippen LogP) is 4.46. The second-order valence-electron chi connectivity index (χ2n) is 8.93. The van der Waals surface area contributed by atoms with E-state index < -0.39 is 5.97 Å². The van der Waals surface area contributed by atoms with Crippen molar-refractivity contribution in [3.8, 4) is 0 Å². The number of carbonyl (C=O) groups excluding carboxylic acids is 2. The molecule has 0 fully saturated rings. The summed E-state index contributed by atoms with van der Waals surface area (Å²) in [4.78, 5) is 34.4. The third-order valence-corrected chi connectivity index (χ3v) is 6.47. The smallest absolute Gasteiger partial charge is 0.337 e. The lowest BCUT2D eigenvalue weighted by Crippen LogP contribution is -2.25. The van der Waals surface area contributed by atoms with Gasteiger partial charge in [0.1, 0.15) is 16.9 Å². The third kappa shape index (κ3) is 5.06. The van der Waals surface area contributed by atoms with Crippen LogP contribution in [0.3, 0.4) is 0 Å². The Balaban J connectivity index is 1.48. The summed E-state index contributed by atoms with van der Waals surface area (Å²) in [5.74, 6) is -0.566. The summed E-state index contributed by atoms with van der Waals surface area (Å²) < 4.78 is 6.17. The van der Waals surface area contributed by atoms with Crippen molar-refractivity contribution < 1.29 is 14.3 Å². The second-order valence-corrected chi connectivity index (χ2v) is 8.93. The zero-order chi connectivity index (χ0) is 25.8. The van der Waals surface area contributed by atoms with Crippen LogP contribution >= 0.6 is 0 Å².